The first kappa shape index (κ1) is 35.6. The van der Waals surface area contributed by atoms with Crippen LogP contribution >= 0.6 is 0 Å². The van der Waals surface area contributed by atoms with E-state index in [0.717, 1.165) is 0 Å². The Balaban J connectivity index is 0.000000762. The Hall–Kier alpha value is -5.45. The molecule has 41 heavy (non-hydrogen) atoms. The fourth-order valence-corrected chi connectivity index (χ4v) is 2.46. The van der Waals surface area contributed by atoms with E-state index in [2.05, 4.69) is 9.47 Å². The molecule has 0 aliphatic carbocycles. The maximum Gasteiger partial charge on any atom is 2.00 e. The first-order chi connectivity index (χ1) is 18.3. The van der Waals surface area contributed by atoms with E-state index in [1.807, 2.05) is 0 Å². The van der Waals surface area contributed by atoms with Gasteiger partial charge in [0.2, 0.25) is 0 Å². The minimum atomic E-state index is -2.16. The van der Waals surface area contributed by atoms with Crippen LogP contribution in [0.15, 0.2) is 12.1 Å². The number of ether oxygens (including phenoxy) is 2. The fraction of sp³-hybridized carbons (Fsp3) is 0. The molecule has 2 aromatic rings. The third kappa shape index (κ3) is 8.27. The van der Waals surface area contributed by atoms with Crippen LogP contribution in [0.25, 0.3) is 0 Å². The number of hydrogen-bond acceptors (Lipinski definition) is 18. The second-order valence-corrected chi connectivity index (χ2v) is 6.12. The monoisotopic (exact) mass is 714 g/mol. The van der Waals surface area contributed by atoms with Crippen LogP contribution in [-0.4, -0.2) is 101 Å². The van der Waals surface area contributed by atoms with Crippen LogP contribution in [0.5, 0.6) is 23.0 Å². The van der Waals surface area contributed by atoms with Crippen molar-refractivity contribution < 1.29 is 69.0 Å². The zero-order valence-electron chi connectivity index (χ0n) is 18.8. The van der Waals surface area contributed by atoms with Crippen LogP contribution in [0, 0.1) is 60.7 Å². The molecule has 0 unspecified atom stereocenters. The Morgan fingerprint density at radius 2 is 0.780 bits per heavy atom. The zero-order chi connectivity index (χ0) is 31.2. The molecule has 0 radical (unpaired) electrons. The normalized spacial score (nSPS) is 9.56. The number of carboxylic acid groups (broad SMARTS) is 2. The van der Waals surface area contributed by atoms with E-state index >= 15 is 0 Å². The Kier molecular flexibility index (Phi) is 12.2. The molecule has 0 aliphatic heterocycles. The van der Waals surface area contributed by atoms with Gasteiger partial charge in [-0.05, 0) is 0 Å². The van der Waals surface area contributed by atoms with E-state index in [4.69, 9.17) is 10.2 Å². The minimum absolute atomic E-state index is 0. The average molecular weight is 714 g/mol. The molecule has 0 fully saturated rings. The van der Waals surface area contributed by atoms with Crippen molar-refractivity contribution in [2.24, 2.45) is 0 Å². The van der Waals surface area contributed by atoms with Crippen molar-refractivity contribution >= 4 is 95.3 Å². The summed E-state index contributed by atoms with van der Waals surface area (Å²) in [5.41, 5.74) is -9.06. The van der Waals surface area contributed by atoms with Gasteiger partial charge in [0.25, 0.3) is 22.9 Å². The summed E-state index contributed by atoms with van der Waals surface area (Å²) in [6, 6.07) is 0.182. The standard InChI is InChI=1S/2C7H3N3O10.Ba/c2*11-5-2(8(14)15)1-3(9(16)17)6(20-7(12)13)4(5)10(18)19;/h2*1,11H,(H,12,13);/q;;+2/p-2. The summed E-state index contributed by atoms with van der Waals surface area (Å²) in [5.74, 6) is -6.57. The van der Waals surface area contributed by atoms with Gasteiger partial charge in [-0.25, -0.2) is 9.59 Å². The molecule has 0 heterocycles. The minimum Gasteiger partial charge on any atom is -0.863 e. The molecule has 26 nitrogen and oxygen atoms in total. The molecule has 27 heteroatoms. The third-order valence-electron chi connectivity index (χ3n) is 3.87. The number of hydrogen-bond donors (Lipinski definition) is 2. The zero-order valence-corrected chi connectivity index (χ0v) is 23.2. The summed E-state index contributed by atoms with van der Waals surface area (Å²) in [6.07, 6.45) is -4.33. The van der Waals surface area contributed by atoms with Crippen LogP contribution in [0.4, 0.5) is 43.7 Å². The van der Waals surface area contributed by atoms with Crippen molar-refractivity contribution in [3.05, 3.63) is 72.8 Å². The Morgan fingerprint density at radius 3 is 0.951 bits per heavy atom. The fourth-order valence-electron chi connectivity index (χ4n) is 2.46. The maximum atomic E-state index is 11.5. The van der Waals surface area contributed by atoms with Crippen LogP contribution in [0.3, 0.4) is 0 Å². The van der Waals surface area contributed by atoms with Crippen LogP contribution < -0.4 is 19.7 Å². The predicted octanol–water partition coefficient (Wildman–Crippen LogP) is 0.702. The van der Waals surface area contributed by atoms with Crippen molar-refractivity contribution in [3.63, 3.8) is 0 Å². The maximum absolute atomic E-state index is 11.5. The number of carbonyl (C=O) groups is 2. The van der Waals surface area contributed by atoms with E-state index in [1.165, 1.54) is 0 Å². The number of nitrogens with zero attached hydrogens (tertiary/aromatic N) is 6. The molecule has 2 aromatic carbocycles. The molecule has 0 amide bonds. The summed E-state index contributed by atoms with van der Waals surface area (Å²) in [4.78, 5) is 75.9. The van der Waals surface area contributed by atoms with Crippen LogP contribution in [-0.2, 0) is 0 Å². The molecule has 2 rings (SSSR count). The molecular formula is C14H4BaN6O20. The number of nitro groups is 6. The smallest absolute Gasteiger partial charge is 0.863 e. The molecule has 0 spiro atoms. The van der Waals surface area contributed by atoms with Gasteiger partial charge in [-0.3, -0.25) is 60.7 Å². The summed E-state index contributed by atoms with van der Waals surface area (Å²) in [7, 11) is 0. The summed E-state index contributed by atoms with van der Waals surface area (Å²) in [6.45, 7) is 0. The summed E-state index contributed by atoms with van der Waals surface area (Å²) >= 11 is 0. The van der Waals surface area contributed by atoms with Gasteiger partial charge >= 0.3 is 83.9 Å². The van der Waals surface area contributed by atoms with E-state index in [1.54, 1.807) is 0 Å². The molecule has 0 saturated heterocycles. The molecule has 212 valence electrons. The number of nitro benzene ring substituents is 6. The van der Waals surface area contributed by atoms with Crippen molar-refractivity contribution in [2.75, 3.05) is 0 Å². The van der Waals surface area contributed by atoms with E-state index in [0.29, 0.717) is 0 Å². The van der Waals surface area contributed by atoms with Gasteiger partial charge in [0.1, 0.15) is 0 Å². The average Bonchev–Trinajstić information content (AvgIpc) is 2.77. The second-order valence-electron chi connectivity index (χ2n) is 6.12. The van der Waals surface area contributed by atoms with Gasteiger partial charge in [0.05, 0.1) is 53.2 Å². The Labute approximate surface area is 258 Å². The Morgan fingerprint density at radius 1 is 0.537 bits per heavy atom. The number of rotatable bonds is 8. The van der Waals surface area contributed by atoms with Crippen molar-refractivity contribution in [1.82, 2.24) is 0 Å². The predicted molar refractivity (Wildman–Crippen MR) is 115 cm³/mol. The first-order valence-electron chi connectivity index (χ1n) is 8.77. The molecule has 0 atom stereocenters. The first-order valence-corrected chi connectivity index (χ1v) is 8.77. The van der Waals surface area contributed by atoms with E-state index < -0.39 is 99.0 Å². The molecule has 0 aliphatic rings. The van der Waals surface area contributed by atoms with Gasteiger partial charge < -0.3 is 29.9 Å². The van der Waals surface area contributed by atoms with Gasteiger partial charge in [0, 0.05) is 0 Å². The quantitative estimate of drug-likeness (QED) is 0.125. The summed E-state index contributed by atoms with van der Waals surface area (Å²) in [5, 5.41) is 103. The van der Waals surface area contributed by atoms with Crippen LogP contribution in [0.2, 0.25) is 0 Å². The SMILES string of the molecule is O=C(O)Oc1c([N+](=O)[O-])cc([N+](=O)[O-])c([O-])c1[N+](=O)[O-].O=C(O)Oc1c([N+](=O)[O-])cc([N+](=O)[O-])c([O-])c1[N+](=O)[O-].[Ba+2]. The van der Waals surface area contributed by atoms with Gasteiger partial charge in [0.15, 0.2) is 0 Å². The van der Waals surface area contributed by atoms with Gasteiger partial charge in [-0.2, -0.15) is 0 Å². The van der Waals surface area contributed by atoms with Crippen molar-refractivity contribution in [2.45, 2.75) is 0 Å². The number of benzene rings is 2. The molecule has 2 N–H and O–H groups in total. The van der Waals surface area contributed by atoms with Gasteiger partial charge in [-0.1, -0.05) is 0 Å². The Bertz CT molecular complexity index is 1390. The topological polar surface area (TPSA) is 398 Å². The second kappa shape index (κ2) is 14.1. The molecule has 0 saturated carbocycles. The van der Waals surface area contributed by atoms with Crippen molar-refractivity contribution in [1.29, 1.82) is 0 Å². The molecule has 0 bridgehead atoms. The van der Waals surface area contributed by atoms with Gasteiger partial charge in [-0.15, -0.1) is 0 Å². The van der Waals surface area contributed by atoms with E-state index in [9.17, 15) is 80.5 Å². The third-order valence-corrected chi connectivity index (χ3v) is 3.87. The van der Waals surface area contributed by atoms with E-state index in [-0.39, 0.29) is 61.0 Å². The van der Waals surface area contributed by atoms with Crippen molar-refractivity contribution in [3.8, 4) is 23.0 Å². The van der Waals surface area contributed by atoms with Crippen LogP contribution in [0.1, 0.15) is 0 Å². The summed E-state index contributed by atoms with van der Waals surface area (Å²) < 4.78 is 7.65. The largest absolute Gasteiger partial charge is 2.00 e. The molecule has 0 aromatic heterocycles. The molecular weight excluding hydrogens is 710 g/mol.